The smallest absolute Gasteiger partial charge is 0.462 e. The molecule has 19 heteroatoms. The van der Waals surface area contributed by atoms with Gasteiger partial charge in [-0.25, -0.2) is 9.13 Å². The van der Waals surface area contributed by atoms with E-state index in [1.54, 1.807) is 0 Å². The Labute approximate surface area is 561 Å². The molecule has 0 saturated carbocycles. The lowest BCUT2D eigenvalue weighted by Gasteiger charge is -2.21. The molecule has 3 N–H and O–H groups in total. The molecule has 17 nitrogen and oxygen atoms in total. The van der Waals surface area contributed by atoms with Crippen LogP contribution in [0.25, 0.3) is 0 Å². The lowest BCUT2D eigenvalue weighted by molar-refractivity contribution is -0.161. The van der Waals surface area contributed by atoms with E-state index in [1.165, 1.54) is 161 Å². The van der Waals surface area contributed by atoms with Crippen LogP contribution in [-0.4, -0.2) is 96.7 Å². The maximum atomic E-state index is 13.0. The summed E-state index contributed by atoms with van der Waals surface area (Å²) in [5.41, 5.74) is 0. The normalized spacial score (nSPS) is 14.1. The van der Waals surface area contributed by atoms with E-state index >= 15 is 0 Å². The SMILES string of the molecule is CCCCCC/C=C\C=C/CCCCCCCC(=O)OC[C@H](COP(=O)(O)OC[C@@H](O)COP(=O)(O)OC[C@@H](COC(=O)CCCCCCCCC)OC(=O)CCCCCCCCCCCCCC)OC(=O)CCCCCCCCCCCCCCCCCCCC. The fraction of sp³-hybridized carbons (Fsp3) is 0.890. The van der Waals surface area contributed by atoms with Gasteiger partial charge in [-0.05, 0) is 51.4 Å². The van der Waals surface area contributed by atoms with E-state index in [-0.39, 0.29) is 25.7 Å². The number of phosphoric ester groups is 2. The van der Waals surface area contributed by atoms with Crippen LogP contribution in [0.3, 0.4) is 0 Å². The van der Waals surface area contributed by atoms with Crippen LogP contribution in [0, 0.1) is 0 Å². The monoisotopic (exact) mass is 1350 g/mol. The molecule has 0 aromatic rings. The van der Waals surface area contributed by atoms with Gasteiger partial charge in [-0.15, -0.1) is 0 Å². The van der Waals surface area contributed by atoms with Crippen molar-refractivity contribution in [2.75, 3.05) is 39.6 Å². The zero-order valence-electron chi connectivity index (χ0n) is 59.0. The Morgan fingerprint density at radius 2 is 0.522 bits per heavy atom. The Morgan fingerprint density at radius 1 is 0.304 bits per heavy atom. The van der Waals surface area contributed by atoms with Crippen molar-refractivity contribution < 1.29 is 80.2 Å². The van der Waals surface area contributed by atoms with E-state index in [0.29, 0.717) is 25.7 Å². The van der Waals surface area contributed by atoms with Crippen molar-refractivity contribution in [2.45, 2.75) is 380 Å². The molecular formula is C73H138O17P2. The number of unbranched alkanes of at least 4 members (excludes halogenated alkanes) is 43. The zero-order chi connectivity index (χ0) is 67.5. The number of phosphoric acid groups is 2. The van der Waals surface area contributed by atoms with Gasteiger partial charge in [0.25, 0.3) is 0 Å². The van der Waals surface area contributed by atoms with E-state index in [4.69, 9.17) is 37.0 Å². The summed E-state index contributed by atoms with van der Waals surface area (Å²) >= 11 is 0. The van der Waals surface area contributed by atoms with Gasteiger partial charge in [-0.1, -0.05) is 309 Å². The molecule has 0 radical (unpaired) electrons. The van der Waals surface area contributed by atoms with Crippen molar-refractivity contribution >= 4 is 39.5 Å². The maximum Gasteiger partial charge on any atom is 0.472 e. The Kier molecular flexibility index (Phi) is 65.3. The van der Waals surface area contributed by atoms with Crippen molar-refractivity contribution in [1.82, 2.24) is 0 Å². The first kappa shape index (κ1) is 89.5. The number of aliphatic hydroxyl groups excluding tert-OH is 1. The number of esters is 4. The third-order valence-corrected chi connectivity index (χ3v) is 18.4. The van der Waals surface area contributed by atoms with Gasteiger partial charge >= 0.3 is 39.5 Å². The third-order valence-electron chi connectivity index (χ3n) is 16.5. The van der Waals surface area contributed by atoms with Crippen molar-refractivity contribution in [3.8, 4) is 0 Å². The van der Waals surface area contributed by atoms with Crippen LogP contribution in [0.15, 0.2) is 24.3 Å². The molecular weight excluding hydrogens is 1210 g/mol. The highest BCUT2D eigenvalue weighted by atomic mass is 31.2. The van der Waals surface area contributed by atoms with E-state index in [1.807, 2.05) is 0 Å². The molecule has 0 saturated heterocycles. The summed E-state index contributed by atoms with van der Waals surface area (Å²) in [4.78, 5) is 72.5. The first-order chi connectivity index (χ1) is 44.7. The number of ether oxygens (including phenoxy) is 4. The lowest BCUT2D eigenvalue weighted by atomic mass is 10.0. The fourth-order valence-corrected chi connectivity index (χ4v) is 12.3. The van der Waals surface area contributed by atoms with Crippen molar-refractivity contribution in [1.29, 1.82) is 0 Å². The van der Waals surface area contributed by atoms with Gasteiger partial charge in [0, 0.05) is 25.7 Å². The van der Waals surface area contributed by atoms with Crippen LogP contribution in [0.1, 0.15) is 362 Å². The Balaban J connectivity index is 5.23. The summed E-state index contributed by atoms with van der Waals surface area (Å²) in [5.74, 6) is -2.15. The van der Waals surface area contributed by atoms with Crippen molar-refractivity contribution in [3.63, 3.8) is 0 Å². The highest BCUT2D eigenvalue weighted by Crippen LogP contribution is 2.45. The summed E-state index contributed by atoms with van der Waals surface area (Å²) in [7, 11) is -9.91. The molecule has 0 spiro atoms. The first-order valence-corrected chi connectivity index (χ1v) is 40.6. The summed E-state index contributed by atoms with van der Waals surface area (Å²) in [6, 6.07) is 0. The number of rotatable bonds is 72. The van der Waals surface area contributed by atoms with E-state index in [2.05, 4.69) is 52.0 Å². The summed E-state index contributed by atoms with van der Waals surface area (Å²) < 4.78 is 68.2. The number of hydrogen-bond acceptors (Lipinski definition) is 15. The average Bonchev–Trinajstić information content (AvgIpc) is 3.11. The number of carbonyl (C=O) groups excluding carboxylic acids is 4. The standard InChI is InChI=1S/C73H138O17P2/c1-5-9-13-17-21-24-27-30-32-33-34-36-38-41-44-48-52-56-60-73(78)90-69(64-84-71(76)58-54-50-46-42-40-37-35-31-28-25-22-18-14-10-6-2)66-88-92(81,82)86-62-67(74)61-85-91(79,80)87-65-68(63-83-70(75)57-53-49-45-20-16-12-8-4)89-72(77)59-55-51-47-43-39-29-26-23-19-15-11-7-3/h25,28,31,35,67-69,74H,5-24,26-27,29-30,32-34,36-66H2,1-4H3,(H,79,80)(H,81,82)/b28-25-,35-31-/t67-,68+,69+/m0/s1. The largest absolute Gasteiger partial charge is 0.472 e. The quantitative estimate of drug-likeness (QED) is 0.0169. The summed E-state index contributed by atoms with van der Waals surface area (Å²) in [5, 5.41) is 10.6. The maximum absolute atomic E-state index is 13.0. The zero-order valence-corrected chi connectivity index (χ0v) is 60.8. The molecule has 542 valence electrons. The van der Waals surface area contributed by atoms with Gasteiger partial charge < -0.3 is 33.8 Å². The molecule has 0 aliphatic carbocycles. The molecule has 0 heterocycles. The minimum absolute atomic E-state index is 0.102. The van der Waals surface area contributed by atoms with E-state index < -0.39 is 97.5 Å². The van der Waals surface area contributed by atoms with Gasteiger partial charge in [0.2, 0.25) is 0 Å². The number of hydrogen-bond donors (Lipinski definition) is 3. The lowest BCUT2D eigenvalue weighted by Crippen LogP contribution is -2.30. The Morgan fingerprint density at radius 3 is 0.793 bits per heavy atom. The number of carbonyl (C=O) groups is 4. The molecule has 0 rings (SSSR count). The molecule has 2 unspecified atom stereocenters. The Bertz CT molecular complexity index is 1850. The van der Waals surface area contributed by atoms with Crippen LogP contribution in [0.2, 0.25) is 0 Å². The molecule has 0 bridgehead atoms. The minimum Gasteiger partial charge on any atom is -0.462 e. The summed E-state index contributed by atoms with van der Waals surface area (Å²) in [6.07, 6.45) is 59.2. The molecule has 0 amide bonds. The van der Waals surface area contributed by atoms with Crippen LogP contribution < -0.4 is 0 Å². The highest BCUT2D eigenvalue weighted by molar-refractivity contribution is 7.47. The van der Waals surface area contributed by atoms with Crippen molar-refractivity contribution in [3.05, 3.63) is 24.3 Å². The second kappa shape index (κ2) is 67.1. The van der Waals surface area contributed by atoms with Crippen LogP contribution in [0.5, 0.6) is 0 Å². The molecule has 5 atom stereocenters. The van der Waals surface area contributed by atoms with Gasteiger partial charge in [-0.2, -0.15) is 0 Å². The van der Waals surface area contributed by atoms with Crippen LogP contribution in [-0.2, 0) is 65.4 Å². The Hall–Kier alpha value is -2.46. The molecule has 0 aliphatic rings. The topological polar surface area (TPSA) is 237 Å². The third kappa shape index (κ3) is 66.2. The second-order valence-electron chi connectivity index (χ2n) is 25.6. The van der Waals surface area contributed by atoms with Gasteiger partial charge in [0.15, 0.2) is 12.2 Å². The number of allylic oxidation sites excluding steroid dienone is 4. The summed E-state index contributed by atoms with van der Waals surface area (Å²) in [6.45, 7) is 4.86. The molecule has 0 aromatic heterocycles. The molecule has 0 aromatic carbocycles. The van der Waals surface area contributed by atoms with Gasteiger partial charge in [0.1, 0.15) is 19.3 Å². The predicted octanol–water partition coefficient (Wildman–Crippen LogP) is 21.0. The fourth-order valence-electron chi connectivity index (χ4n) is 10.7. The van der Waals surface area contributed by atoms with Crippen LogP contribution >= 0.6 is 15.6 Å². The predicted molar refractivity (Wildman–Crippen MR) is 372 cm³/mol. The second-order valence-corrected chi connectivity index (χ2v) is 28.6. The average molecular weight is 1350 g/mol. The van der Waals surface area contributed by atoms with Crippen molar-refractivity contribution in [2.24, 2.45) is 0 Å². The highest BCUT2D eigenvalue weighted by Gasteiger charge is 2.30. The van der Waals surface area contributed by atoms with Crippen LogP contribution in [0.4, 0.5) is 0 Å². The molecule has 0 fully saturated rings. The van der Waals surface area contributed by atoms with Gasteiger partial charge in [0.05, 0.1) is 26.4 Å². The first-order valence-electron chi connectivity index (χ1n) is 37.6. The minimum atomic E-state index is -4.96. The number of aliphatic hydroxyl groups is 1. The van der Waals surface area contributed by atoms with E-state index in [9.17, 15) is 43.2 Å². The van der Waals surface area contributed by atoms with Gasteiger partial charge in [-0.3, -0.25) is 37.3 Å². The molecule has 92 heavy (non-hydrogen) atoms. The van der Waals surface area contributed by atoms with E-state index in [0.717, 1.165) is 122 Å². The molecule has 0 aliphatic heterocycles.